The molecule has 1 saturated heterocycles. The summed E-state index contributed by atoms with van der Waals surface area (Å²) in [6, 6.07) is 6.67. The van der Waals surface area contributed by atoms with Crippen molar-refractivity contribution in [3.05, 3.63) is 24.3 Å². The van der Waals surface area contributed by atoms with Crippen LogP contribution in [-0.4, -0.2) is 56.5 Å². The number of hydrogen-bond donors (Lipinski definition) is 1. The number of ether oxygens (including phenoxy) is 1. The number of hydrogen-bond acceptors (Lipinski definition) is 5. The largest absolute Gasteiger partial charge is 0.497 e. The van der Waals surface area contributed by atoms with Crippen LogP contribution in [-0.2, 0) is 9.84 Å². The third-order valence-corrected chi connectivity index (χ3v) is 6.27. The highest BCUT2D eigenvalue weighted by Gasteiger charge is 2.28. The van der Waals surface area contributed by atoms with Crippen molar-refractivity contribution in [1.29, 1.82) is 0 Å². The van der Waals surface area contributed by atoms with Gasteiger partial charge in [0.1, 0.15) is 5.75 Å². The van der Waals surface area contributed by atoms with Gasteiger partial charge in [-0.05, 0) is 44.0 Å². The molecule has 1 aromatic rings. The molecule has 0 unspecified atom stereocenters. The molecule has 23 heavy (non-hydrogen) atoms. The molecule has 5 nitrogen and oxygen atoms in total. The fourth-order valence-corrected chi connectivity index (χ4v) is 4.44. The van der Waals surface area contributed by atoms with Gasteiger partial charge in [-0.3, -0.25) is 4.90 Å². The summed E-state index contributed by atoms with van der Waals surface area (Å²) in [4.78, 5) is 2.43. The van der Waals surface area contributed by atoms with Gasteiger partial charge in [0.25, 0.3) is 0 Å². The maximum Gasteiger partial charge on any atom is 0.179 e. The molecule has 1 aliphatic rings. The highest BCUT2D eigenvalue weighted by Crippen LogP contribution is 2.23. The van der Waals surface area contributed by atoms with Crippen LogP contribution < -0.4 is 4.74 Å². The lowest BCUT2D eigenvalue weighted by Gasteiger charge is -2.38. The normalized spacial score (nSPS) is 21.1. The second-order valence-corrected chi connectivity index (χ2v) is 8.18. The second kappa shape index (κ2) is 8.13. The van der Waals surface area contributed by atoms with Crippen molar-refractivity contribution in [2.45, 2.75) is 49.6 Å². The molecule has 0 aromatic heterocycles. The Morgan fingerprint density at radius 1 is 1.39 bits per heavy atom. The van der Waals surface area contributed by atoms with Gasteiger partial charge in [-0.1, -0.05) is 19.4 Å². The zero-order chi connectivity index (χ0) is 16.9. The van der Waals surface area contributed by atoms with E-state index in [-0.39, 0.29) is 17.9 Å². The van der Waals surface area contributed by atoms with Gasteiger partial charge >= 0.3 is 0 Å². The van der Waals surface area contributed by atoms with Crippen molar-refractivity contribution in [3.63, 3.8) is 0 Å². The summed E-state index contributed by atoms with van der Waals surface area (Å²) in [7, 11) is -1.83. The Kier molecular flexibility index (Phi) is 6.44. The molecule has 0 saturated carbocycles. The molecule has 130 valence electrons. The fraction of sp³-hybridized carbons (Fsp3) is 0.647. The molecule has 0 radical (unpaired) electrons. The van der Waals surface area contributed by atoms with Crippen LogP contribution in [0.15, 0.2) is 29.2 Å². The topological polar surface area (TPSA) is 66.8 Å². The molecule has 0 amide bonds. The Bertz CT molecular complexity index is 602. The minimum Gasteiger partial charge on any atom is -0.497 e. The highest BCUT2D eigenvalue weighted by molar-refractivity contribution is 7.91. The lowest BCUT2D eigenvalue weighted by molar-refractivity contribution is 0.0275. The number of piperidine rings is 1. The van der Waals surface area contributed by atoms with E-state index in [1.165, 1.54) is 7.11 Å². The predicted molar refractivity (Wildman–Crippen MR) is 90.6 cm³/mol. The molecule has 2 atom stereocenters. The van der Waals surface area contributed by atoms with E-state index in [1.54, 1.807) is 24.3 Å². The Labute approximate surface area is 139 Å². The summed E-state index contributed by atoms with van der Waals surface area (Å²) < 4.78 is 30.2. The SMILES string of the molecule is CC[C@H](O)[C@H]1CCCCN1CCS(=O)(=O)c1cccc(OC)c1. The number of rotatable bonds is 7. The molecular formula is C17H27NO4S. The van der Waals surface area contributed by atoms with Crippen molar-refractivity contribution in [3.8, 4) is 5.75 Å². The van der Waals surface area contributed by atoms with Crippen LogP contribution in [0.25, 0.3) is 0 Å². The van der Waals surface area contributed by atoms with Gasteiger partial charge in [0.15, 0.2) is 9.84 Å². The Morgan fingerprint density at radius 3 is 2.87 bits per heavy atom. The second-order valence-electron chi connectivity index (χ2n) is 6.07. The van der Waals surface area contributed by atoms with Crippen molar-refractivity contribution >= 4 is 9.84 Å². The van der Waals surface area contributed by atoms with E-state index in [0.717, 1.165) is 25.8 Å². The zero-order valence-corrected chi connectivity index (χ0v) is 14.8. The minimum absolute atomic E-state index is 0.0626. The van der Waals surface area contributed by atoms with Crippen LogP contribution in [0.3, 0.4) is 0 Å². The molecule has 1 aliphatic heterocycles. The van der Waals surface area contributed by atoms with Gasteiger partial charge in [-0.15, -0.1) is 0 Å². The molecule has 1 aromatic carbocycles. The first-order chi connectivity index (χ1) is 11.0. The van der Waals surface area contributed by atoms with E-state index in [2.05, 4.69) is 4.90 Å². The van der Waals surface area contributed by atoms with Crippen molar-refractivity contribution in [2.24, 2.45) is 0 Å². The van der Waals surface area contributed by atoms with E-state index in [9.17, 15) is 13.5 Å². The van der Waals surface area contributed by atoms with E-state index in [4.69, 9.17) is 4.74 Å². The molecular weight excluding hydrogens is 314 g/mol. The van der Waals surface area contributed by atoms with Crippen LogP contribution in [0, 0.1) is 0 Å². The van der Waals surface area contributed by atoms with E-state index in [1.807, 2.05) is 6.92 Å². The smallest absolute Gasteiger partial charge is 0.179 e. The Balaban J connectivity index is 2.05. The standard InChI is InChI=1S/C17H27NO4S/c1-3-17(19)16-9-4-5-10-18(16)11-12-23(20,21)15-8-6-7-14(13-15)22-2/h6-8,13,16-17,19H,3-5,9-12H2,1-2H3/t16-,17+/m1/s1. The quantitative estimate of drug-likeness (QED) is 0.823. The molecule has 1 fully saturated rings. The first-order valence-electron chi connectivity index (χ1n) is 8.27. The van der Waals surface area contributed by atoms with Crippen molar-refractivity contribution in [1.82, 2.24) is 4.90 Å². The summed E-state index contributed by atoms with van der Waals surface area (Å²) in [6.45, 7) is 3.28. The van der Waals surface area contributed by atoms with Gasteiger partial charge in [-0.25, -0.2) is 8.42 Å². The molecule has 6 heteroatoms. The van der Waals surface area contributed by atoms with Gasteiger partial charge in [0.05, 0.1) is 23.9 Å². The van der Waals surface area contributed by atoms with Gasteiger partial charge in [0.2, 0.25) is 0 Å². The number of nitrogens with zero attached hydrogens (tertiary/aromatic N) is 1. The summed E-state index contributed by atoms with van der Waals surface area (Å²) in [5, 5.41) is 10.2. The van der Waals surface area contributed by atoms with Crippen molar-refractivity contribution in [2.75, 3.05) is 26.0 Å². The summed E-state index contributed by atoms with van der Waals surface area (Å²) in [6.07, 6.45) is 3.42. The van der Waals surface area contributed by atoms with Gasteiger partial charge < -0.3 is 9.84 Å². The Morgan fingerprint density at radius 2 is 2.17 bits per heavy atom. The van der Waals surface area contributed by atoms with Gasteiger partial charge in [-0.2, -0.15) is 0 Å². The monoisotopic (exact) mass is 341 g/mol. The number of likely N-dealkylation sites (tertiary alicyclic amines) is 1. The molecule has 1 N–H and O–H groups in total. The number of methoxy groups -OCH3 is 1. The summed E-state index contributed by atoms with van der Waals surface area (Å²) >= 11 is 0. The van der Waals surface area contributed by atoms with Gasteiger partial charge in [0, 0.05) is 12.6 Å². The van der Waals surface area contributed by atoms with Crippen LogP contribution in [0.4, 0.5) is 0 Å². The first kappa shape index (κ1) is 18.2. The minimum atomic E-state index is -3.35. The number of aliphatic hydroxyl groups excluding tert-OH is 1. The first-order valence-corrected chi connectivity index (χ1v) is 9.92. The van der Waals surface area contributed by atoms with E-state index < -0.39 is 9.84 Å². The maximum atomic E-state index is 12.5. The van der Waals surface area contributed by atoms with Crippen LogP contribution >= 0.6 is 0 Å². The Hall–Kier alpha value is -1.11. The molecule has 2 rings (SSSR count). The number of benzene rings is 1. The van der Waals surface area contributed by atoms with Crippen LogP contribution in [0.5, 0.6) is 5.75 Å². The average Bonchev–Trinajstić information content (AvgIpc) is 2.59. The molecule has 0 bridgehead atoms. The summed E-state index contributed by atoms with van der Waals surface area (Å²) in [5.41, 5.74) is 0. The van der Waals surface area contributed by atoms with E-state index >= 15 is 0 Å². The zero-order valence-electron chi connectivity index (χ0n) is 13.9. The number of aliphatic hydroxyl groups is 1. The predicted octanol–water partition coefficient (Wildman–Crippen LogP) is 2.09. The number of sulfone groups is 1. The van der Waals surface area contributed by atoms with Crippen LogP contribution in [0.1, 0.15) is 32.6 Å². The third-order valence-electron chi connectivity index (χ3n) is 4.57. The van der Waals surface area contributed by atoms with E-state index in [0.29, 0.717) is 23.6 Å². The molecule has 1 heterocycles. The fourth-order valence-electron chi connectivity index (χ4n) is 3.15. The maximum absolute atomic E-state index is 12.5. The molecule has 0 aliphatic carbocycles. The van der Waals surface area contributed by atoms with Crippen LogP contribution in [0.2, 0.25) is 0 Å². The lowest BCUT2D eigenvalue weighted by atomic mass is 9.96. The van der Waals surface area contributed by atoms with Crippen molar-refractivity contribution < 1.29 is 18.3 Å². The highest BCUT2D eigenvalue weighted by atomic mass is 32.2. The molecule has 0 spiro atoms. The lowest BCUT2D eigenvalue weighted by Crippen LogP contribution is -2.48. The third kappa shape index (κ3) is 4.68. The average molecular weight is 341 g/mol. The summed E-state index contributed by atoms with van der Waals surface area (Å²) in [5.74, 6) is 0.607.